The molecule has 2 aromatic heterocycles. The summed E-state index contributed by atoms with van der Waals surface area (Å²) in [6.07, 6.45) is 3.34. The van der Waals surface area contributed by atoms with Gasteiger partial charge in [0.15, 0.2) is 11.5 Å². The molecule has 0 spiro atoms. The van der Waals surface area contributed by atoms with E-state index >= 15 is 0 Å². The number of hydrogen-bond acceptors (Lipinski definition) is 4. The molecule has 1 aromatic carbocycles. The third kappa shape index (κ3) is 2.80. The van der Waals surface area contributed by atoms with Crippen molar-refractivity contribution in [1.29, 1.82) is 0 Å². The molecular formula is C19H20ClN5O. The first-order chi connectivity index (χ1) is 12.6. The molecule has 1 amide bonds. The molecular weight excluding hydrogens is 350 g/mol. The predicted octanol–water partition coefficient (Wildman–Crippen LogP) is 2.62. The molecule has 26 heavy (non-hydrogen) atoms. The normalized spacial score (nSPS) is 16.6. The van der Waals surface area contributed by atoms with Gasteiger partial charge in [0.05, 0.1) is 16.9 Å². The molecule has 0 unspecified atom stereocenters. The second kappa shape index (κ2) is 6.61. The van der Waals surface area contributed by atoms with Gasteiger partial charge >= 0.3 is 0 Å². The number of amides is 1. The molecule has 3 heterocycles. The van der Waals surface area contributed by atoms with Crippen molar-refractivity contribution < 1.29 is 4.79 Å². The second-order valence-electron chi connectivity index (χ2n) is 6.44. The highest BCUT2D eigenvalue weighted by atomic mass is 35.5. The van der Waals surface area contributed by atoms with E-state index in [1.54, 1.807) is 17.6 Å². The average molecular weight is 370 g/mol. The number of aromatic nitrogens is 3. The van der Waals surface area contributed by atoms with Crippen LogP contribution in [0.15, 0.2) is 36.5 Å². The topological polar surface area (TPSA) is 62.5 Å². The van der Waals surface area contributed by atoms with Gasteiger partial charge in [0, 0.05) is 26.1 Å². The zero-order chi connectivity index (χ0) is 18.3. The number of rotatable bonds is 3. The fraction of sp³-hybridized carbons (Fsp3) is 0.316. The molecule has 6 nitrogen and oxygen atoms in total. The quantitative estimate of drug-likeness (QED) is 0.771. The molecule has 0 saturated carbocycles. The van der Waals surface area contributed by atoms with E-state index in [9.17, 15) is 4.79 Å². The van der Waals surface area contributed by atoms with Gasteiger partial charge in [-0.1, -0.05) is 42.8 Å². The molecule has 3 aromatic rings. The molecule has 134 valence electrons. The number of imidazole rings is 1. The van der Waals surface area contributed by atoms with Gasteiger partial charge in [-0.25, -0.2) is 9.50 Å². The Hall–Kier alpha value is -2.60. The van der Waals surface area contributed by atoms with Crippen molar-refractivity contribution in [2.24, 2.45) is 0 Å². The minimum atomic E-state index is -0.329. The SMILES string of the molecule is CCc1cn2nc(N3Cc4ccccc4C[C@H]3C(=O)NC)cc(Cl)c2n1. The number of nitrogens with one attached hydrogen (secondary N) is 1. The Morgan fingerprint density at radius 2 is 2.12 bits per heavy atom. The summed E-state index contributed by atoms with van der Waals surface area (Å²) in [4.78, 5) is 19.0. The lowest BCUT2D eigenvalue weighted by atomic mass is 9.93. The maximum absolute atomic E-state index is 12.5. The van der Waals surface area contributed by atoms with E-state index in [1.807, 2.05) is 30.2 Å². The number of fused-ring (bicyclic) bond motifs is 2. The summed E-state index contributed by atoms with van der Waals surface area (Å²) in [5.41, 5.74) is 3.97. The van der Waals surface area contributed by atoms with Crippen LogP contribution in [0.5, 0.6) is 0 Å². The largest absolute Gasteiger partial charge is 0.357 e. The maximum atomic E-state index is 12.5. The zero-order valence-electron chi connectivity index (χ0n) is 14.7. The number of aryl methyl sites for hydroxylation is 1. The van der Waals surface area contributed by atoms with Gasteiger partial charge < -0.3 is 10.2 Å². The molecule has 0 bridgehead atoms. The van der Waals surface area contributed by atoms with Crippen LogP contribution in [0.1, 0.15) is 23.7 Å². The minimum absolute atomic E-state index is 0.0302. The molecule has 1 aliphatic heterocycles. The molecule has 7 heteroatoms. The Morgan fingerprint density at radius 3 is 2.85 bits per heavy atom. The number of hydrogen-bond donors (Lipinski definition) is 1. The first-order valence-corrected chi connectivity index (χ1v) is 9.08. The Morgan fingerprint density at radius 1 is 1.35 bits per heavy atom. The predicted molar refractivity (Wildman–Crippen MR) is 102 cm³/mol. The van der Waals surface area contributed by atoms with Crippen LogP contribution >= 0.6 is 11.6 Å². The van der Waals surface area contributed by atoms with Crippen molar-refractivity contribution in [3.8, 4) is 0 Å². The van der Waals surface area contributed by atoms with Crippen molar-refractivity contribution in [2.45, 2.75) is 32.4 Å². The van der Waals surface area contributed by atoms with Crippen molar-refractivity contribution in [3.05, 3.63) is 58.4 Å². The third-order valence-corrected chi connectivity index (χ3v) is 5.15. The summed E-state index contributed by atoms with van der Waals surface area (Å²) in [5, 5.41) is 7.99. The standard InChI is InChI=1S/C19H20ClN5O/c1-3-14-11-25-18(22-14)15(20)9-17(23-25)24-10-13-7-5-4-6-12(13)8-16(24)19(26)21-2/h4-7,9,11,16H,3,8,10H2,1-2H3,(H,21,26)/t16-/m0/s1. The van der Waals surface area contributed by atoms with Crippen LogP contribution in [-0.2, 0) is 24.2 Å². The average Bonchev–Trinajstić information content (AvgIpc) is 3.10. The van der Waals surface area contributed by atoms with Gasteiger partial charge in [0.25, 0.3) is 0 Å². The number of anilines is 1. The molecule has 1 aliphatic rings. The molecule has 0 radical (unpaired) electrons. The Kier molecular flexibility index (Phi) is 4.28. The Labute approximate surface area is 156 Å². The maximum Gasteiger partial charge on any atom is 0.242 e. The van der Waals surface area contributed by atoms with E-state index in [0.29, 0.717) is 29.5 Å². The van der Waals surface area contributed by atoms with Crippen LogP contribution in [0.4, 0.5) is 5.82 Å². The van der Waals surface area contributed by atoms with Crippen molar-refractivity contribution >= 4 is 29.0 Å². The molecule has 0 fully saturated rings. The molecule has 1 atom stereocenters. The number of halogens is 1. The first-order valence-electron chi connectivity index (χ1n) is 8.70. The van der Waals surface area contributed by atoms with Crippen LogP contribution in [0.25, 0.3) is 5.65 Å². The highest BCUT2D eigenvalue weighted by molar-refractivity contribution is 6.33. The van der Waals surface area contributed by atoms with E-state index in [1.165, 1.54) is 11.1 Å². The molecule has 0 aliphatic carbocycles. The summed E-state index contributed by atoms with van der Waals surface area (Å²) in [6, 6.07) is 9.67. The van der Waals surface area contributed by atoms with Crippen LogP contribution in [0.2, 0.25) is 5.02 Å². The zero-order valence-corrected chi connectivity index (χ0v) is 15.5. The summed E-state index contributed by atoms with van der Waals surface area (Å²) in [6.45, 7) is 2.65. The smallest absolute Gasteiger partial charge is 0.242 e. The van der Waals surface area contributed by atoms with Crippen molar-refractivity contribution in [2.75, 3.05) is 11.9 Å². The van der Waals surface area contributed by atoms with Crippen LogP contribution < -0.4 is 10.2 Å². The fourth-order valence-corrected chi connectivity index (χ4v) is 3.68. The number of carbonyl (C=O) groups is 1. The summed E-state index contributed by atoms with van der Waals surface area (Å²) in [7, 11) is 1.66. The second-order valence-corrected chi connectivity index (χ2v) is 6.84. The Bertz CT molecular complexity index is 983. The van der Waals surface area contributed by atoms with Gasteiger partial charge in [-0.05, 0) is 17.5 Å². The number of nitrogens with zero attached hydrogens (tertiary/aromatic N) is 4. The van der Waals surface area contributed by atoms with Gasteiger partial charge in [0.1, 0.15) is 6.04 Å². The summed E-state index contributed by atoms with van der Waals surface area (Å²) in [5.74, 6) is 0.642. The van der Waals surface area contributed by atoms with Crippen LogP contribution in [-0.4, -0.2) is 33.6 Å². The fourth-order valence-electron chi connectivity index (χ4n) is 3.45. The monoisotopic (exact) mass is 369 g/mol. The lowest BCUT2D eigenvalue weighted by Crippen LogP contribution is -2.50. The van der Waals surface area contributed by atoms with Gasteiger partial charge in [0.2, 0.25) is 5.91 Å². The molecule has 4 rings (SSSR count). The van der Waals surface area contributed by atoms with Gasteiger partial charge in [-0.3, -0.25) is 4.79 Å². The van der Waals surface area contributed by atoms with E-state index < -0.39 is 0 Å². The number of likely N-dealkylation sites (N-methyl/N-ethyl adjacent to an activating group) is 1. The van der Waals surface area contributed by atoms with Crippen LogP contribution in [0, 0.1) is 0 Å². The minimum Gasteiger partial charge on any atom is -0.357 e. The van der Waals surface area contributed by atoms with Gasteiger partial charge in [-0.15, -0.1) is 5.10 Å². The van der Waals surface area contributed by atoms with Gasteiger partial charge in [-0.2, -0.15) is 0 Å². The molecule has 0 saturated heterocycles. The van der Waals surface area contributed by atoms with E-state index in [-0.39, 0.29) is 11.9 Å². The highest BCUT2D eigenvalue weighted by Gasteiger charge is 2.32. The summed E-state index contributed by atoms with van der Waals surface area (Å²) < 4.78 is 1.71. The van der Waals surface area contributed by atoms with E-state index in [4.69, 9.17) is 11.6 Å². The van der Waals surface area contributed by atoms with Crippen molar-refractivity contribution in [1.82, 2.24) is 19.9 Å². The van der Waals surface area contributed by atoms with E-state index in [2.05, 4.69) is 27.5 Å². The first kappa shape index (κ1) is 16.8. The lowest BCUT2D eigenvalue weighted by Gasteiger charge is -2.36. The van der Waals surface area contributed by atoms with E-state index in [0.717, 1.165) is 12.1 Å². The van der Waals surface area contributed by atoms with Crippen LogP contribution in [0.3, 0.4) is 0 Å². The Balaban J connectivity index is 1.81. The third-order valence-electron chi connectivity index (χ3n) is 4.87. The highest BCUT2D eigenvalue weighted by Crippen LogP contribution is 2.30. The van der Waals surface area contributed by atoms with Crippen molar-refractivity contribution in [3.63, 3.8) is 0 Å². The number of carbonyl (C=O) groups excluding carboxylic acids is 1. The number of benzene rings is 1. The molecule has 1 N–H and O–H groups in total. The lowest BCUT2D eigenvalue weighted by molar-refractivity contribution is -0.122. The summed E-state index contributed by atoms with van der Waals surface area (Å²) >= 11 is 6.46.